The predicted octanol–water partition coefficient (Wildman–Crippen LogP) is 4.86. The minimum atomic E-state index is -3.56. The van der Waals surface area contributed by atoms with Gasteiger partial charge < -0.3 is 5.32 Å². The third kappa shape index (κ3) is 4.62. The zero-order valence-corrected chi connectivity index (χ0v) is 15.8. The molecule has 0 aliphatic rings. The Bertz CT molecular complexity index is 966. The van der Waals surface area contributed by atoms with Gasteiger partial charge in [0.2, 0.25) is 0 Å². The molecule has 2 aromatic carbocycles. The van der Waals surface area contributed by atoms with Crippen LogP contribution in [-0.2, 0) is 23.0 Å². The van der Waals surface area contributed by atoms with E-state index in [0.717, 1.165) is 22.5 Å². The number of thiophene rings is 1. The molecule has 0 unspecified atom stereocenters. The maximum absolute atomic E-state index is 12.9. The number of anilines is 2. The van der Waals surface area contributed by atoms with Gasteiger partial charge in [0.05, 0.1) is 0 Å². The lowest BCUT2D eigenvalue weighted by atomic mass is 10.2. The number of benzene rings is 2. The average Bonchev–Trinajstić information content (AvgIpc) is 3.12. The van der Waals surface area contributed by atoms with Crippen LogP contribution in [-0.4, -0.2) is 8.42 Å². The molecule has 0 saturated carbocycles. The topological polar surface area (TPSA) is 58.2 Å². The Labute approximate surface area is 156 Å². The van der Waals surface area contributed by atoms with Crippen LogP contribution in [0.3, 0.4) is 0 Å². The predicted molar refractivity (Wildman–Crippen MR) is 105 cm³/mol. The first kappa shape index (κ1) is 18.4. The van der Waals surface area contributed by atoms with Crippen molar-refractivity contribution in [2.45, 2.75) is 24.1 Å². The van der Waals surface area contributed by atoms with Gasteiger partial charge in [-0.15, -0.1) is 11.3 Å². The number of hydrogen-bond acceptors (Lipinski definition) is 4. The van der Waals surface area contributed by atoms with Gasteiger partial charge in [0.1, 0.15) is 10.0 Å². The molecule has 0 bridgehead atoms. The number of aryl methyl sites for hydroxylation is 1. The van der Waals surface area contributed by atoms with Crippen LogP contribution >= 0.6 is 11.3 Å². The van der Waals surface area contributed by atoms with Gasteiger partial charge in [-0.25, -0.2) is 12.8 Å². The highest BCUT2D eigenvalue weighted by molar-refractivity contribution is 7.94. The Balaban J connectivity index is 1.62. The second-order valence-electron chi connectivity index (χ2n) is 5.74. The molecular formula is C19H19FN2O2S2. The fraction of sp³-hybridized carbons (Fsp3) is 0.158. The van der Waals surface area contributed by atoms with Crippen LogP contribution < -0.4 is 10.0 Å². The average molecular weight is 391 g/mol. The summed E-state index contributed by atoms with van der Waals surface area (Å²) in [7, 11) is -3.56. The molecule has 1 heterocycles. The number of hydrogen-bond donors (Lipinski definition) is 2. The highest BCUT2D eigenvalue weighted by Crippen LogP contribution is 2.25. The summed E-state index contributed by atoms with van der Waals surface area (Å²) in [4.78, 5) is 1.03. The van der Waals surface area contributed by atoms with E-state index in [1.165, 1.54) is 23.5 Å². The van der Waals surface area contributed by atoms with Crippen molar-refractivity contribution in [2.24, 2.45) is 0 Å². The van der Waals surface area contributed by atoms with E-state index in [9.17, 15) is 12.8 Å². The normalized spacial score (nSPS) is 11.3. The summed E-state index contributed by atoms with van der Waals surface area (Å²) in [6.07, 6.45) is 0.814. The Kier molecular flexibility index (Phi) is 5.58. The SMILES string of the molecule is CCc1ccc(S(=O)(=O)Nc2ccc(NCc3ccc(F)cc3)cc2)s1. The van der Waals surface area contributed by atoms with Crippen molar-refractivity contribution in [3.05, 3.63) is 76.9 Å². The molecule has 0 saturated heterocycles. The molecule has 0 aliphatic carbocycles. The smallest absolute Gasteiger partial charge is 0.271 e. The number of rotatable bonds is 7. The van der Waals surface area contributed by atoms with Crippen molar-refractivity contribution in [3.8, 4) is 0 Å². The number of sulfonamides is 1. The first-order valence-electron chi connectivity index (χ1n) is 8.16. The standard InChI is InChI=1S/C19H19FN2O2S2/c1-2-18-11-12-19(25-18)26(23,24)22-17-9-7-16(8-10-17)21-13-14-3-5-15(20)6-4-14/h3-12,21-22H,2,13H2,1H3. The van der Waals surface area contributed by atoms with E-state index in [2.05, 4.69) is 10.0 Å². The van der Waals surface area contributed by atoms with Crippen molar-refractivity contribution >= 4 is 32.7 Å². The van der Waals surface area contributed by atoms with E-state index in [0.29, 0.717) is 16.4 Å². The summed E-state index contributed by atoms with van der Waals surface area (Å²) in [6.45, 7) is 2.55. The largest absolute Gasteiger partial charge is 0.381 e. The van der Waals surface area contributed by atoms with E-state index in [4.69, 9.17) is 0 Å². The molecule has 7 heteroatoms. The summed E-state index contributed by atoms with van der Waals surface area (Å²) in [5.74, 6) is -0.262. The summed E-state index contributed by atoms with van der Waals surface area (Å²) in [6, 6.07) is 16.8. The summed E-state index contributed by atoms with van der Waals surface area (Å²) >= 11 is 1.28. The van der Waals surface area contributed by atoms with E-state index >= 15 is 0 Å². The Hall–Kier alpha value is -2.38. The van der Waals surface area contributed by atoms with Crippen LogP contribution in [0.25, 0.3) is 0 Å². The molecule has 0 spiro atoms. The molecule has 3 aromatic rings. The van der Waals surface area contributed by atoms with Gasteiger partial charge in [-0.1, -0.05) is 19.1 Å². The minimum Gasteiger partial charge on any atom is -0.381 e. The summed E-state index contributed by atoms with van der Waals surface area (Å²) < 4.78 is 40.6. The minimum absolute atomic E-state index is 0.262. The molecule has 1 aromatic heterocycles. The molecule has 0 fully saturated rings. The van der Waals surface area contributed by atoms with E-state index in [1.807, 2.05) is 13.0 Å². The maximum atomic E-state index is 12.9. The molecule has 3 rings (SSSR count). The van der Waals surface area contributed by atoms with Crippen LogP contribution in [0, 0.1) is 5.82 Å². The van der Waals surface area contributed by atoms with Gasteiger partial charge in [0.15, 0.2) is 0 Å². The first-order chi connectivity index (χ1) is 12.5. The zero-order valence-electron chi connectivity index (χ0n) is 14.2. The fourth-order valence-electron chi connectivity index (χ4n) is 2.36. The van der Waals surface area contributed by atoms with Crippen LogP contribution in [0.2, 0.25) is 0 Å². The van der Waals surface area contributed by atoms with Gasteiger partial charge in [0.25, 0.3) is 10.0 Å². The number of halogens is 1. The van der Waals surface area contributed by atoms with E-state index in [-0.39, 0.29) is 5.82 Å². The highest BCUT2D eigenvalue weighted by atomic mass is 32.2. The van der Waals surface area contributed by atoms with Gasteiger partial charge in [0, 0.05) is 22.8 Å². The molecule has 2 N–H and O–H groups in total. The van der Waals surface area contributed by atoms with Crippen LogP contribution in [0.15, 0.2) is 64.9 Å². The molecule has 0 aliphatic heterocycles. The second-order valence-corrected chi connectivity index (χ2v) is 8.81. The van der Waals surface area contributed by atoms with Crippen molar-refractivity contribution in [1.29, 1.82) is 0 Å². The third-order valence-electron chi connectivity index (χ3n) is 3.80. The molecule has 26 heavy (non-hydrogen) atoms. The second kappa shape index (κ2) is 7.88. The molecule has 0 radical (unpaired) electrons. The molecule has 136 valence electrons. The lowest BCUT2D eigenvalue weighted by molar-refractivity contribution is 0.603. The first-order valence-corrected chi connectivity index (χ1v) is 10.5. The molecule has 4 nitrogen and oxygen atoms in total. The molecule has 0 atom stereocenters. The Morgan fingerprint density at radius 2 is 1.58 bits per heavy atom. The monoisotopic (exact) mass is 390 g/mol. The van der Waals surface area contributed by atoms with Gasteiger partial charge in [-0.2, -0.15) is 0 Å². The van der Waals surface area contributed by atoms with Gasteiger partial charge in [-0.3, -0.25) is 4.72 Å². The Morgan fingerprint density at radius 1 is 0.923 bits per heavy atom. The molecular weight excluding hydrogens is 371 g/mol. The zero-order chi connectivity index (χ0) is 18.6. The van der Waals surface area contributed by atoms with Gasteiger partial charge in [-0.05, 0) is 60.5 Å². The lowest BCUT2D eigenvalue weighted by Crippen LogP contribution is -2.11. The van der Waals surface area contributed by atoms with Crippen LogP contribution in [0.1, 0.15) is 17.4 Å². The van der Waals surface area contributed by atoms with E-state index < -0.39 is 10.0 Å². The van der Waals surface area contributed by atoms with E-state index in [1.54, 1.807) is 42.5 Å². The summed E-state index contributed by atoms with van der Waals surface area (Å²) in [5, 5.41) is 3.22. The quantitative estimate of drug-likeness (QED) is 0.606. The molecule has 0 amide bonds. The maximum Gasteiger partial charge on any atom is 0.271 e. The lowest BCUT2D eigenvalue weighted by Gasteiger charge is -2.09. The number of nitrogens with one attached hydrogen (secondary N) is 2. The van der Waals surface area contributed by atoms with Crippen molar-refractivity contribution in [3.63, 3.8) is 0 Å². The highest BCUT2D eigenvalue weighted by Gasteiger charge is 2.16. The van der Waals surface area contributed by atoms with Crippen LogP contribution in [0.4, 0.5) is 15.8 Å². The van der Waals surface area contributed by atoms with Crippen molar-refractivity contribution in [2.75, 3.05) is 10.0 Å². The fourth-order valence-corrected chi connectivity index (χ4v) is 4.71. The third-order valence-corrected chi connectivity index (χ3v) is 6.90. The van der Waals surface area contributed by atoms with Crippen LogP contribution in [0.5, 0.6) is 0 Å². The Morgan fingerprint density at radius 3 is 2.19 bits per heavy atom. The van der Waals surface area contributed by atoms with Gasteiger partial charge >= 0.3 is 0 Å². The van der Waals surface area contributed by atoms with Crippen molar-refractivity contribution in [1.82, 2.24) is 0 Å². The van der Waals surface area contributed by atoms with Crippen molar-refractivity contribution < 1.29 is 12.8 Å². The summed E-state index contributed by atoms with van der Waals surface area (Å²) in [5.41, 5.74) is 2.31.